The maximum Gasteiger partial charge on any atom is 0.188 e. The van der Waals surface area contributed by atoms with Crippen LogP contribution in [0.1, 0.15) is 5.56 Å². The number of pyridine rings is 1. The van der Waals surface area contributed by atoms with Gasteiger partial charge >= 0.3 is 0 Å². The van der Waals surface area contributed by atoms with Crippen LogP contribution in [0.15, 0.2) is 47.2 Å². The van der Waals surface area contributed by atoms with E-state index in [1.165, 1.54) is 12.4 Å². The molecular formula is C14H7BrN2O. The predicted molar refractivity (Wildman–Crippen MR) is 72.8 cm³/mol. The lowest BCUT2D eigenvalue weighted by molar-refractivity contribution is -0.603. The molecule has 0 aliphatic heterocycles. The third-order valence-electron chi connectivity index (χ3n) is 2.95. The average Bonchev–Trinajstić information content (AvgIpc) is 2.38. The number of hydrogen-bond donors (Lipinski definition) is 0. The zero-order valence-electron chi connectivity index (χ0n) is 9.22. The van der Waals surface area contributed by atoms with E-state index in [-0.39, 0.29) is 0 Å². The topological polar surface area (TPSA) is 50.7 Å². The number of benzene rings is 2. The minimum atomic E-state index is 0.619. The van der Waals surface area contributed by atoms with Gasteiger partial charge in [0.1, 0.15) is 0 Å². The second kappa shape index (κ2) is 3.97. The molecular weight excluding hydrogens is 292 g/mol. The van der Waals surface area contributed by atoms with Gasteiger partial charge in [-0.3, -0.25) is 0 Å². The molecule has 86 valence electrons. The standard InChI is InChI=1S/C14H7BrN2O/c15-11-1-2-12-10(7-16)5-9-3-4-17(18)8-14(9)13(12)6-11/h1-6,8H. The summed E-state index contributed by atoms with van der Waals surface area (Å²) in [7, 11) is 0. The summed E-state index contributed by atoms with van der Waals surface area (Å²) in [6.45, 7) is 0. The van der Waals surface area contributed by atoms with Crippen molar-refractivity contribution in [2.24, 2.45) is 0 Å². The maximum absolute atomic E-state index is 11.4. The van der Waals surface area contributed by atoms with Gasteiger partial charge in [-0.25, -0.2) is 0 Å². The quantitative estimate of drug-likeness (QED) is 0.363. The zero-order chi connectivity index (χ0) is 12.7. The van der Waals surface area contributed by atoms with Gasteiger partial charge in [0.25, 0.3) is 0 Å². The molecule has 1 aromatic heterocycles. The van der Waals surface area contributed by atoms with Crippen molar-refractivity contribution in [1.82, 2.24) is 0 Å². The fourth-order valence-corrected chi connectivity index (χ4v) is 2.50. The summed E-state index contributed by atoms with van der Waals surface area (Å²) >= 11 is 3.42. The Labute approximate surface area is 112 Å². The van der Waals surface area contributed by atoms with Crippen LogP contribution in [0.3, 0.4) is 0 Å². The molecule has 4 heteroatoms. The summed E-state index contributed by atoms with van der Waals surface area (Å²) in [6, 6.07) is 11.4. The highest BCUT2D eigenvalue weighted by Gasteiger charge is 2.09. The van der Waals surface area contributed by atoms with Crippen LogP contribution < -0.4 is 4.73 Å². The van der Waals surface area contributed by atoms with Gasteiger partial charge in [-0.1, -0.05) is 22.0 Å². The van der Waals surface area contributed by atoms with Crippen molar-refractivity contribution in [2.45, 2.75) is 0 Å². The summed E-state index contributed by atoms with van der Waals surface area (Å²) < 4.78 is 1.70. The molecule has 0 saturated carbocycles. The Morgan fingerprint density at radius 2 is 1.94 bits per heavy atom. The molecule has 2 aromatic carbocycles. The van der Waals surface area contributed by atoms with Gasteiger partial charge in [-0.05, 0) is 29.0 Å². The largest absolute Gasteiger partial charge is 0.619 e. The van der Waals surface area contributed by atoms with Crippen LogP contribution in [0.2, 0.25) is 0 Å². The molecule has 0 unspecified atom stereocenters. The molecule has 18 heavy (non-hydrogen) atoms. The Kier molecular flexibility index (Phi) is 2.42. The number of rotatable bonds is 0. The fourth-order valence-electron chi connectivity index (χ4n) is 2.14. The molecule has 3 aromatic rings. The molecule has 0 aliphatic carbocycles. The third-order valence-corrected chi connectivity index (χ3v) is 3.44. The van der Waals surface area contributed by atoms with Crippen LogP contribution in [0.25, 0.3) is 21.5 Å². The SMILES string of the molecule is N#Cc1cc2cc[n+]([O-])cc2c2cc(Br)ccc12. The molecule has 0 atom stereocenters. The van der Waals surface area contributed by atoms with E-state index in [2.05, 4.69) is 22.0 Å². The van der Waals surface area contributed by atoms with Crippen molar-refractivity contribution in [2.75, 3.05) is 0 Å². The van der Waals surface area contributed by atoms with Crippen molar-refractivity contribution in [1.29, 1.82) is 5.26 Å². The Bertz CT molecular complexity index is 821. The van der Waals surface area contributed by atoms with E-state index in [9.17, 15) is 10.5 Å². The van der Waals surface area contributed by atoms with E-state index in [1.54, 1.807) is 6.07 Å². The number of hydrogen-bond acceptors (Lipinski definition) is 2. The Morgan fingerprint density at radius 3 is 2.72 bits per heavy atom. The first-order valence-electron chi connectivity index (χ1n) is 5.34. The monoisotopic (exact) mass is 298 g/mol. The molecule has 0 bridgehead atoms. The molecule has 0 amide bonds. The van der Waals surface area contributed by atoms with Crippen LogP contribution in [0.5, 0.6) is 0 Å². The van der Waals surface area contributed by atoms with E-state index in [0.29, 0.717) is 5.56 Å². The number of fused-ring (bicyclic) bond motifs is 3. The first kappa shape index (κ1) is 11.0. The Morgan fingerprint density at radius 1 is 1.11 bits per heavy atom. The van der Waals surface area contributed by atoms with E-state index < -0.39 is 0 Å². The highest BCUT2D eigenvalue weighted by atomic mass is 79.9. The number of nitriles is 1. The number of nitrogens with zero attached hydrogens (tertiary/aromatic N) is 2. The molecule has 0 aliphatic rings. The van der Waals surface area contributed by atoms with Crippen molar-refractivity contribution in [3.63, 3.8) is 0 Å². The highest BCUT2D eigenvalue weighted by molar-refractivity contribution is 9.10. The van der Waals surface area contributed by atoms with Gasteiger partial charge in [0.2, 0.25) is 0 Å². The highest BCUT2D eigenvalue weighted by Crippen LogP contribution is 2.29. The first-order valence-corrected chi connectivity index (χ1v) is 6.13. The second-order valence-electron chi connectivity index (χ2n) is 4.03. The second-order valence-corrected chi connectivity index (χ2v) is 4.95. The van der Waals surface area contributed by atoms with Crippen LogP contribution in [0.4, 0.5) is 0 Å². The summed E-state index contributed by atoms with van der Waals surface area (Å²) in [5, 5.41) is 24.1. The molecule has 0 spiro atoms. The molecule has 3 rings (SSSR count). The summed E-state index contributed by atoms with van der Waals surface area (Å²) in [6.07, 6.45) is 2.97. The van der Waals surface area contributed by atoms with Crippen molar-refractivity contribution < 1.29 is 4.73 Å². The molecule has 0 fully saturated rings. The first-order chi connectivity index (χ1) is 8.69. The Hall–Kier alpha value is -2.12. The van der Waals surface area contributed by atoms with Gasteiger partial charge in [0, 0.05) is 15.9 Å². The minimum Gasteiger partial charge on any atom is -0.619 e. The summed E-state index contributed by atoms with van der Waals surface area (Å²) in [4.78, 5) is 0. The van der Waals surface area contributed by atoms with E-state index in [1.807, 2.05) is 24.3 Å². The molecule has 3 nitrogen and oxygen atoms in total. The van der Waals surface area contributed by atoms with Crippen LogP contribution in [-0.4, -0.2) is 0 Å². The third kappa shape index (κ3) is 1.60. The smallest absolute Gasteiger partial charge is 0.188 e. The van der Waals surface area contributed by atoms with Gasteiger partial charge in [0.15, 0.2) is 12.4 Å². The van der Waals surface area contributed by atoms with Crippen molar-refractivity contribution in [3.05, 3.63) is 58.0 Å². The maximum atomic E-state index is 11.4. The van der Waals surface area contributed by atoms with Crippen molar-refractivity contribution >= 4 is 37.5 Å². The van der Waals surface area contributed by atoms with Gasteiger partial charge in [-0.2, -0.15) is 9.99 Å². The van der Waals surface area contributed by atoms with E-state index >= 15 is 0 Å². The van der Waals surface area contributed by atoms with Crippen LogP contribution in [-0.2, 0) is 0 Å². The minimum absolute atomic E-state index is 0.619. The van der Waals surface area contributed by atoms with E-state index in [0.717, 1.165) is 30.7 Å². The van der Waals surface area contributed by atoms with Gasteiger partial charge in [-0.15, -0.1) is 0 Å². The number of aromatic nitrogens is 1. The predicted octanol–water partition coefficient (Wildman–Crippen LogP) is 3.26. The Balaban J connectivity index is 2.61. The van der Waals surface area contributed by atoms with Gasteiger partial charge < -0.3 is 5.21 Å². The fraction of sp³-hybridized carbons (Fsp3) is 0. The number of halogens is 1. The zero-order valence-corrected chi connectivity index (χ0v) is 10.8. The summed E-state index contributed by atoms with van der Waals surface area (Å²) in [5.41, 5.74) is 0.619. The lowest BCUT2D eigenvalue weighted by Gasteiger charge is -2.06. The van der Waals surface area contributed by atoms with Crippen LogP contribution in [0, 0.1) is 16.5 Å². The van der Waals surface area contributed by atoms with Crippen LogP contribution >= 0.6 is 15.9 Å². The normalized spacial score (nSPS) is 10.7. The van der Waals surface area contributed by atoms with Gasteiger partial charge in [0.05, 0.1) is 17.0 Å². The molecule has 0 radical (unpaired) electrons. The molecule has 1 heterocycles. The lowest BCUT2D eigenvalue weighted by Crippen LogP contribution is -2.23. The molecule has 0 saturated heterocycles. The van der Waals surface area contributed by atoms with Crippen molar-refractivity contribution in [3.8, 4) is 6.07 Å². The van der Waals surface area contributed by atoms with E-state index in [4.69, 9.17) is 0 Å². The summed E-state index contributed by atoms with van der Waals surface area (Å²) in [5.74, 6) is 0. The molecule has 0 N–H and O–H groups in total. The average molecular weight is 299 g/mol. The lowest BCUT2D eigenvalue weighted by atomic mass is 9.99.